The summed E-state index contributed by atoms with van der Waals surface area (Å²) in [4.78, 5) is 19.7. The maximum atomic E-state index is 12.8. The highest BCUT2D eigenvalue weighted by Gasteiger charge is 2.27. The molecule has 31 heavy (non-hydrogen) atoms. The fourth-order valence-corrected chi connectivity index (χ4v) is 5.33. The zero-order valence-corrected chi connectivity index (χ0v) is 18.8. The topological polar surface area (TPSA) is 82.6 Å². The summed E-state index contributed by atoms with van der Waals surface area (Å²) in [5.74, 6) is -0.129. The highest BCUT2D eigenvalue weighted by atomic mass is 32.2. The van der Waals surface area contributed by atoms with Crippen molar-refractivity contribution in [1.29, 1.82) is 0 Å². The second-order valence-corrected chi connectivity index (χ2v) is 10.5. The summed E-state index contributed by atoms with van der Waals surface area (Å²) in [6.07, 6.45) is 7.01. The Morgan fingerprint density at radius 2 is 1.87 bits per heavy atom. The molecule has 0 aliphatic carbocycles. The maximum Gasteiger partial charge on any atom is 0.257 e. The number of piperidine rings is 1. The number of amides is 1. The van der Waals surface area contributed by atoms with Crippen molar-refractivity contribution in [3.05, 3.63) is 59.4 Å². The molecule has 166 valence electrons. The SMILES string of the molecule is CS(=O)(=O)N1CCCC(c2ccc(C(=O)Nc3ccccc3CN3CCCC3)cn2)C1. The number of hydrogen-bond acceptors (Lipinski definition) is 5. The minimum atomic E-state index is -3.20. The van der Waals surface area contributed by atoms with Crippen molar-refractivity contribution in [2.75, 3.05) is 37.8 Å². The molecule has 1 amide bonds. The van der Waals surface area contributed by atoms with E-state index in [4.69, 9.17) is 0 Å². The summed E-state index contributed by atoms with van der Waals surface area (Å²) >= 11 is 0. The minimum absolute atomic E-state index is 0.0572. The highest BCUT2D eigenvalue weighted by molar-refractivity contribution is 7.88. The Balaban J connectivity index is 1.42. The van der Waals surface area contributed by atoms with Gasteiger partial charge in [0.2, 0.25) is 10.0 Å². The predicted molar refractivity (Wildman–Crippen MR) is 122 cm³/mol. The first-order valence-electron chi connectivity index (χ1n) is 10.9. The quantitative estimate of drug-likeness (QED) is 0.743. The number of pyridine rings is 1. The number of para-hydroxylation sites is 1. The lowest BCUT2D eigenvalue weighted by atomic mass is 9.95. The van der Waals surface area contributed by atoms with Gasteiger partial charge < -0.3 is 5.32 Å². The van der Waals surface area contributed by atoms with Crippen molar-refractivity contribution < 1.29 is 13.2 Å². The van der Waals surface area contributed by atoms with Gasteiger partial charge in [-0.2, -0.15) is 0 Å². The Morgan fingerprint density at radius 3 is 2.58 bits per heavy atom. The molecule has 0 spiro atoms. The van der Waals surface area contributed by atoms with Crippen LogP contribution in [0.15, 0.2) is 42.6 Å². The average Bonchev–Trinajstić information content (AvgIpc) is 3.28. The number of likely N-dealkylation sites (tertiary alicyclic amines) is 1. The predicted octanol–water partition coefficient (Wildman–Crippen LogP) is 3.07. The summed E-state index contributed by atoms with van der Waals surface area (Å²) in [7, 11) is -3.20. The number of sulfonamides is 1. The molecule has 1 atom stereocenters. The third-order valence-corrected chi connectivity index (χ3v) is 7.45. The van der Waals surface area contributed by atoms with Gasteiger partial charge in [-0.1, -0.05) is 18.2 Å². The molecule has 2 saturated heterocycles. The van der Waals surface area contributed by atoms with Gasteiger partial charge in [-0.05, 0) is 62.5 Å². The summed E-state index contributed by atoms with van der Waals surface area (Å²) in [5.41, 5.74) is 3.28. The zero-order chi connectivity index (χ0) is 21.8. The second-order valence-electron chi connectivity index (χ2n) is 8.53. The molecular weight excluding hydrogens is 412 g/mol. The highest BCUT2D eigenvalue weighted by Crippen LogP contribution is 2.27. The molecular formula is C23H30N4O3S. The molecule has 0 bridgehead atoms. The van der Waals surface area contributed by atoms with E-state index in [0.717, 1.165) is 49.4 Å². The molecule has 0 saturated carbocycles. The van der Waals surface area contributed by atoms with E-state index in [0.29, 0.717) is 18.7 Å². The molecule has 2 aliphatic rings. The van der Waals surface area contributed by atoms with Gasteiger partial charge in [0.05, 0.1) is 11.8 Å². The van der Waals surface area contributed by atoms with E-state index in [1.54, 1.807) is 12.3 Å². The molecule has 7 nitrogen and oxygen atoms in total. The minimum Gasteiger partial charge on any atom is -0.322 e. The van der Waals surface area contributed by atoms with Crippen molar-refractivity contribution in [3.63, 3.8) is 0 Å². The molecule has 1 aromatic carbocycles. The number of carbonyl (C=O) groups is 1. The van der Waals surface area contributed by atoms with Gasteiger partial charge in [0.25, 0.3) is 5.91 Å². The summed E-state index contributed by atoms with van der Waals surface area (Å²) in [5, 5.41) is 3.03. The number of anilines is 1. The lowest BCUT2D eigenvalue weighted by molar-refractivity contribution is 0.102. The number of aromatic nitrogens is 1. The van der Waals surface area contributed by atoms with Crippen LogP contribution in [0.25, 0.3) is 0 Å². The van der Waals surface area contributed by atoms with Crippen molar-refractivity contribution in [2.24, 2.45) is 0 Å². The van der Waals surface area contributed by atoms with Crippen LogP contribution in [0.1, 0.15) is 53.2 Å². The molecule has 2 aliphatic heterocycles. The van der Waals surface area contributed by atoms with Gasteiger partial charge in [0.15, 0.2) is 0 Å². The van der Waals surface area contributed by atoms with Gasteiger partial charge in [-0.15, -0.1) is 0 Å². The van der Waals surface area contributed by atoms with E-state index < -0.39 is 10.0 Å². The van der Waals surface area contributed by atoms with Crippen molar-refractivity contribution in [2.45, 2.75) is 38.1 Å². The Kier molecular flexibility index (Phi) is 6.69. The van der Waals surface area contributed by atoms with Gasteiger partial charge in [0.1, 0.15) is 0 Å². The molecule has 8 heteroatoms. The van der Waals surface area contributed by atoms with Crippen LogP contribution in [0.5, 0.6) is 0 Å². The van der Waals surface area contributed by atoms with Crippen LogP contribution in [-0.2, 0) is 16.6 Å². The molecule has 1 aromatic heterocycles. The van der Waals surface area contributed by atoms with E-state index >= 15 is 0 Å². The maximum absolute atomic E-state index is 12.8. The molecule has 2 aromatic rings. The first-order valence-corrected chi connectivity index (χ1v) is 12.8. The second kappa shape index (κ2) is 9.46. The number of benzene rings is 1. The van der Waals surface area contributed by atoms with Crippen molar-refractivity contribution >= 4 is 21.6 Å². The van der Waals surface area contributed by atoms with E-state index in [9.17, 15) is 13.2 Å². The van der Waals surface area contributed by atoms with E-state index in [2.05, 4.69) is 21.3 Å². The molecule has 4 rings (SSSR count). The van der Waals surface area contributed by atoms with Crippen LogP contribution in [0, 0.1) is 0 Å². The summed E-state index contributed by atoms with van der Waals surface area (Å²) < 4.78 is 25.2. The number of rotatable bonds is 6. The molecule has 2 fully saturated rings. The average molecular weight is 443 g/mol. The lowest BCUT2D eigenvalue weighted by Gasteiger charge is -2.30. The van der Waals surface area contributed by atoms with Crippen LogP contribution in [0.3, 0.4) is 0 Å². The van der Waals surface area contributed by atoms with Crippen molar-refractivity contribution in [3.8, 4) is 0 Å². The first-order chi connectivity index (χ1) is 14.9. The fraction of sp³-hybridized carbons (Fsp3) is 0.478. The van der Waals surface area contributed by atoms with Crippen LogP contribution in [0.4, 0.5) is 5.69 Å². The van der Waals surface area contributed by atoms with Gasteiger partial charge in [-0.25, -0.2) is 12.7 Å². The standard InChI is InChI=1S/C23H30N4O3S/c1-31(29,30)27-14-6-8-20(17-27)21-11-10-18(15-24-21)23(28)25-22-9-3-2-7-19(22)16-26-12-4-5-13-26/h2-3,7,9-11,15,20H,4-6,8,12-14,16-17H2,1H3,(H,25,28). The number of hydrogen-bond donors (Lipinski definition) is 1. The molecule has 1 unspecified atom stereocenters. The first kappa shape index (κ1) is 21.9. The van der Waals surface area contributed by atoms with Crippen LogP contribution < -0.4 is 5.32 Å². The Bertz CT molecular complexity index is 1020. The Hall–Kier alpha value is -2.29. The molecule has 3 heterocycles. The number of nitrogens with one attached hydrogen (secondary N) is 1. The molecule has 0 radical (unpaired) electrons. The molecule has 1 N–H and O–H groups in total. The third-order valence-electron chi connectivity index (χ3n) is 6.18. The summed E-state index contributed by atoms with van der Waals surface area (Å²) in [6, 6.07) is 11.6. The fourth-order valence-electron chi connectivity index (χ4n) is 4.42. The van der Waals surface area contributed by atoms with Crippen LogP contribution >= 0.6 is 0 Å². The van der Waals surface area contributed by atoms with E-state index in [-0.39, 0.29) is 11.8 Å². The van der Waals surface area contributed by atoms with Crippen LogP contribution in [-0.4, -0.2) is 60.9 Å². The van der Waals surface area contributed by atoms with Gasteiger partial charge >= 0.3 is 0 Å². The lowest BCUT2D eigenvalue weighted by Crippen LogP contribution is -2.38. The number of nitrogens with zero attached hydrogens (tertiary/aromatic N) is 3. The van der Waals surface area contributed by atoms with Gasteiger partial charge in [-0.3, -0.25) is 14.7 Å². The normalized spacial score (nSPS) is 20.6. The van der Waals surface area contributed by atoms with Crippen LogP contribution in [0.2, 0.25) is 0 Å². The Morgan fingerprint density at radius 1 is 1.10 bits per heavy atom. The smallest absolute Gasteiger partial charge is 0.257 e. The van der Waals surface area contributed by atoms with Crippen molar-refractivity contribution in [1.82, 2.24) is 14.2 Å². The summed E-state index contributed by atoms with van der Waals surface area (Å²) in [6.45, 7) is 4.05. The number of carbonyl (C=O) groups excluding carboxylic acids is 1. The zero-order valence-electron chi connectivity index (χ0n) is 18.0. The van der Waals surface area contributed by atoms with E-state index in [1.165, 1.54) is 23.4 Å². The van der Waals surface area contributed by atoms with Gasteiger partial charge in [0, 0.05) is 43.1 Å². The largest absolute Gasteiger partial charge is 0.322 e. The van der Waals surface area contributed by atoms with E-state index in [1.807, 2.05) is 24.3 Å². The monoisotopic (exact) mass is 442 g/mol. The third kappa shape index (κ3) is 5.50. The Labute approximate surface area is 184 Å².